The third-order valence-electron chi connectivity index (χ3n) is 2.37. The van der Waals surface area contributed by atoms with Gasteiger partial charge in [0.1, 0.15) is 17.4 Å². The van der Waals surface area contributed by atoms with E-state index in [-0.39, 0.29) is 6.10 Å². The molecule has 0 saturated carbocycles. The van der Waals surface area contributed by atoms with Gasteiger partial charge in [-0.05, 0) is 25.0 Å². The fraction of sp³-hybridized carbons (Fsp3) is 0.417. The van der Waals surface area contributed by atoms with Crippen molar-refractivity contribution in [3.8, 4) is 11.8 Å². The number of ether oxygens (including phenoxy) is 1. The van der Waals surface area contributed by atoms with E-state index < -0.39 is 0 Å². The standard InChI is InChI=1S/C12H16N2O/c1-3-9(4-2)15-12-7-5-6-11(14)10(12)8-13/h5-7,9H,3-4,14H2,1-2H3. The summed E-state index contributed by atoms with van der Waals surface area (Å²) in [6, 6.07) is 7.36. The lowest BCUT2D eigenvalue weighted by atomic mass is 10.1. The SMILES string of the molecule is CCC(CC)Oc1cccc(N)c1C#N. The summed E-state index contributed by atoms with van der Waals surface area (Å²) in [6.07, 6.45) is 2.01. The van der Waals surface area contributed by atoms with Crippen molar-refractivity contribution in [1.82, 2.24) is 0 Å². The number of nitrogens with two attached hydrogens (primary N) is 1. The molecule has 80 valence electrons. The van der Waals surface area contributed by atoms with Crippen LogP contribution in [0.2, 0.25) is 0 Å². The molecule has 0 amide bonds. The molecular weight excluding hydrogens is 188 g/mol. The second-order valence-corrected chi connectivity index (χ2v) is 3.39. The third-order valence-corrected chi connectivity index (χ3v) is 2.37. The Kier molecular flexibility index (Phi) is 3.99. The van der Waals surface area contributed by atoms with E-state index in [2.05, 4.69) is 19.9 Å². The number of hydrogen-bond donors (Lipinski definition) is 1. The number of nitrogens with zero attached hydrogens (tertiary/aromatic N) is 1. The molecule has 2 N–H and O–H groups in total. The summed E-state index contributed by atoms with van der Waals surface area (Å²) >= 11 is 0. The molecule has 1 rings (SSSR count). The molecule has 0 unspecified atom stereocenters. The summed E-state index contributed by atoms with van der Waals surface area (Å²) in [5.74, 6) is 0.589. The van der Waals surface area contributed by atoms with Crippen LogP contribution in [0, 0.1) is 11.3 Å². The predicted octanol–water partition coefficient (Wildman–Crippen LogP) is 2.71. The van der Waals surface area contributed by atoms with Crippen molar-refractivity contribution in [2.45, 2.75) is 32.8 Å². The van der Waals surface area contributed by atoms with Crippen molar-refractivity contribution >= 4 is 5.69 Å². The van der Waals surface area contributed by atoms with Crippen molar-refractivity contribution in [3.63, 3.8) is 0 Å². The fourth-order valence-corrected chi connectivity index (χ4v) is 1.40. The molecule has 0 fully saturated rings. The highest BCUT2D eigenvalue weighted by Crippen LogP contribution is 2.25. The molecule has 1 aromatic carbocycles. The average molecular weight is 204 g/mol. The van der Waals surface area contributed by atoms with Gasteiger partial charge in [-0.2, -0.15) is 5.26 Å². The summed E-state index contributed by atoms with van der Waals surface area (Å²) < 4.78 is 5.71. The van der Waals surface area contributed by atoms with E-state index in [1.807, 2.05) is 0 Å². The molecule has 3 heteroatoms. The molecule has 0 aliphatic heterocycles. The molecule has 1 aromatic rings. The Morgan fingerprint density at radius 3 is 2.60 bits per heavy atom. The third kappa shape index (κ3) is 2.63. The van der Waals surface area contributed by atoms with Gasteiger partial charge in [-0.15, -0.1) is 0 Å². The van der Waals surface area contributed by atoms with E-state index in [9.17, 15) is 0 Å². The van der Waals surface area contributed by atoms with Crippen molar-refractivity contribution in [2.24, 2.45) is 0 Å². The lowest BCUT2D eigenvalue weighted by molar-refractivity contribution is 0.192. The van der Waals surface area contributed by atoms with Crippen LogP contribution in [-0.2, 0) is 0 Å². The minimum Gasteiger partial charge on any atom is -0.489 e. The first-order valence-corrected chi connectivity index (χ1v) is 5.18. The normalized spacial score (nSPS) is 10.0. The van der Waals surface area contributed by atoms with Gasteiger partial charge in [-0.25, -0.2) is 0 Å². The van der Waals surface area contributed by atoms with Crippen molar-refractivity contribution in [1.29, 1.82) is 5.26 Å². The predicted molar refractivity (Wildman–Crippen MR) is 60.6 cm³/mol. The van der Waals surface area contributed by atoms with Gasteiger partial charge in [0.15, 0.2) is 0 Å². The second kappa shape index (κ2) is 5.26. The summed E-state index contributed by atoms with van der Waals surface area (Å²) in [6.45, 7) is 4.12. The average Bonchev–Trinajstić information content (AvgIpc) is 2.26. The number of benzene rings is 1. The molecule has 0 aliphatic carbocycles. The molecule has 0 heterocycles. The molecule has 0 aliphatic rings. The van der Waals surface area contributed by atoms with Crippen molar-refractivity contribution in [3.05, 3.63) is 23.8 Å². The van der Waals surface area contributed by atoms with Crippen molar-refractivity contribution in [2.75, 3.05) is 5.73 Å². The number of hydrogen-bond acceptors (Lipinski definition) is 3. The Hall–Kier alpha value is -1.69. The van der Waals surface area contributed by atoms with Gasteiger partial charge >= 0.3 is 0 Å². The van der Waals surface area contributed by atoms with Crippen LogP contribution in [0.5, 0.6) is 5.75 Å². The lowest BCUT2D eigenvalue weighted by Gasteiger charge is -2.16. The summed E-state index contributed by atoms with van der Waals surface area (Å²) in [4.78, 5) is 0. The Morgan fingerprint density at radius 1 is 1.40 bits per heavy atom. The summed E-state index contributed by atoms with van der Waals surface area (Å²) in [5.41, 5.74) is 6.60. The molecule has 0 saturated heterocycles. The molecular formula is C12H16N2O. The zero-order valence-electron chi connectivity index (χ0n) is 9.16. The first-order chi connectivity index (χ1) is 7.22. The van der Waals surface area contributed by atoms with Crippen LogP contribution >= 0.6 is 0 Å². The van der Waals surface area contributed by atoms with Crippen LogP contribution in [0.1, 0.15) is 32.3 Å². The van der Waals surface area contributed by atoms with Crippen molar-refractivity contribution < 1.29 is 4.74 Å². The Balaban J connectivity index is 2.95. The molecule has 0 bridgehead atoms. The maximum absolute atomic E-state index is 8.95. The van der Waals surface area contributed by atoms with Gasteiger partial charge < -0.3 is 10.5 Å². The largest absolute Gasteiger partial charge is 0.489 e. The number of nitriles is 1. The molecule has 0 aromatic heterocycles. The zero-order valence-corrected chi connectivity index (χ0v) is 9.16. The van der Waals surface area contributed by atoms with Crippen LogP contribution < -0.4 is 10.5 Å². The molecule has 0 spiro atoms. The minimum atomic E-state index is 0.152. The van der Waals surface area contributed by atoms with Crippen LogP contribution in [-0.4, -0.2) is 6.10 Å². The van der Waals surface area contributed by atoms with Gasteiger partial charge in [0.2, 0.25) is 0 Å². The van der Waals surface area contributed by atoms with Gasteiger partial charge in [-0.3, -0.25) is 0 Å². The fourth-order valence-electron chi connectivity index (χ4n) is 1.40. The van der Waals surface area contributed by atoms with E-state index in [4.69, 9.17) is 15.7 Å². The van der Waals surface area contributed by atoms with E-state index in [0.717, 1.165) is 12.8 Å². The lowest BCUT2D eigenvalue weighted by Crippen LogP contribution is -2.14. The van der Waals surface area contributed by atoms with E-state index in [0.29, 0.717) is 17.0 Å². The Morgan fingerprint density at radius 2 is 2.07 bits per heavy atom. The topological polar surface area (TPSA) is 59.0 Å². The summed E-state index contributed by atoms with van der Waals surface area (Å²) in [5, 5.41) is 8.95. The van der Waals surface area contributed by atoms with Gasteiger partial charge in [-0.1, -0.05) is 19.9 Å². The van der Waals surface area contributed by atoms with Crippen LogP contribution in [0.4, 0.5) is 5.69 Å². The van der Waals surface area contributed by atoms with E-state index in [1.54, 1.807) is 18.2 Å². The maximum Gasteiger partial charge on any atom is 0.139 e. The van der Waals surface area contributed by atoms with Gasteiger partial charge in [0.25, 0.3) is 0 Å². The van der Waals surface area contributed by atoms with Crippen LogP contribution in [0.3, 0.4) is 0 Å². The van der Waals surface area contributed by atoms with Gasteiger partial charge in [0.05, 0.1) is 11.8 Å². The monoisotopic (exact) mass is 204 g/mol. The Labute approximate surface area is 90.5 Å². The van der Waals surface area contributed by atoms with Crippen LogP contribution in [0.15, 0.2) is 18.2 Å². The molecule has 15 heavy (non-hydrogen) atoms. The van der Waals surface area contributed by atoms with E-state index >= 15 is 0 Å². The first-order valence-electron chi connectivity index (χ1n) is 5.18. The first kappa shape index (κ1) is 11.4. The Bertz CT molecular complexity index is 364. The summed E-state index contributed by atoms with van der Waals surface area (Å²) in [7, 11) is 0. The van der Waals surface area contributed by atoms with E-state index in [1.165, 1.54) is 0 Å². The highest BCUT2D eigenvalue weighted by molar-refractivity contribution is 5.60. The second-order valence-electron chi connectivity index (χ2n) is 3.39. The highest BCUT2D eigenvalue weighted by Gasteiger charge is 2.10. The van der Waals surface area contributed by atoms with Gasteiger partial charge in [0, 0.05) is 0 Å². The molecule has 3 nitrogen and oxygen atoms in total. The molecule has 0 radical (unpaired) electrons. The number of nitrogen functional groups attached to an aromatic ring is 1. The quantitative estimate of drug-likeness (QED) is 0.767. The highest BCUT2D eigenvalue weighted by atomic mass is 16.5. The molecule has 0 atom stereocenters. The smallest absolute Gasteiger partial charge is 0.139 e. The zero-order chi connectivity index (χ0) is 11.3. The number of anilines is 1. The minimum absolute atomic E-state index is 0.152. The van der Waals surface area contributed by atoms with Crippen LogP contribution in [0.25, 0.3) is 0 Å². The number of rotatable bonds is 4. The maximum atomic E-state index is 8.95.